The number of hydrogen-bond acceptors (Lipinski definition) is 0. The summed E-state index contributed by atoms with van der Waals surface area (Å²) in [5.74, 6) is 0. The van der Waals surface area contributed by atoms with E-state index < -0.39 is 0 Å². The maximum atomic E-state index is 2.27. The first-order valence-electron chi connectivity index (χ1n) is 1.50. The summed E-state index contributed by atoms with van der Waals surface area (Å²) in [6, 6.07) is 0. The molecular weight excluding hydrogens is 243 g/mol. The van der Waals surface area contributed by atoms with E-state index in [4.69, 9.17) is 0 Å². The van der Waals surface area contributed by atoms with Crippen LogP contribution in [0.25, 0.3) is 0 Å². The number of rotatable bonds is 0. The minimum atomic E-state index is 0. The Hall–Kier alpha value is 1.09. The van der Waals surface area contributed by atoms with Gasteiger partial charge in [-0.05, 0) is 0 Å². The average molecular weight is 252 g/mol. The van der Waals surface area contributed by atoms with Gasteiger partial charge >= 0.3 is 0 Å². The van der Waals surface area contributed by atoms with Crippen molar-refractivity contribution >= 4 is 8.80 Å². The second kappa shape index (κ2) is 5.09. The van der Waals surface area contributed by atoms with Gasteiger partial charge in [0, 0.05) is 34.6 Å². The average Bonchev–Trinajstić information content (AvgIpc) is 0.811. The maximum absolute atomic E-state index is 2.27. The van der Waals surface area contributed by atoms with E-state index >= 15 is 0 Å². The topological polar surface area (TPSA) is 0 Å². The molecule has 0 aromatic rings. The summed E-state index contributed by atoms with van der Waals surface area (Å²) in [5, 5.41) is 0. The fourth-order valence-electron chi connectivity index (χ4n) is 0. The predicted octanol–water partition coefficient (Wildman–Crippen LogP) is 1.37. The van der Waals surface area contributed by atoms with E-state index in [9.17, 15) is 0 Å². The zero-order valence-electron chi connectivity index (χ0n) is 4.00. The molecule has 0 aliphatic heterocycles. The molecule has 0 N–H and O–H groups in total. The van der Waals surface area contributed by atoms with Crippen LogP contribution < -0.4 is 0 Å². The van der Waals surface area contributed by atoms with Gasteiger partial charge in [-0.15, -0.1) is 0 Å². The molecule has 0 saturated carbocycles. The van der Waals surface area contributed by atoms with Crippen LogP contribution in [0.4, 0.5) is 0 Å². The summed E-state index contributed by atoms with van der Waals surface area (Å²) < 4.78 is 0. The Morgan fingerprint density at radius 1 is 1.00 bits per heavy atom. The molecule has 0 aliphatic carbocycles. The predicted molar refractivity (Wildman–Crippen MR) is 23.3 cm³/mol. The first-order valence-corrected chi connectivity index (χ1v) is 4.50. The van der Waals surface area contributed by atoms with Crippen LogP contribution in [0.1, 0.15) is 0 Å². The summed E-state index contributed by atoms with van der Waals surface area (Å²) >= 11 is 0. The molecular formula is C3H9HfSi. The van der Waals surface area contributed by atoms with Crippen molar-refractivity contribution < 1.29 is 25.8 Å². The van der Waals surface area contributed by atoms with Gasteiger partial charge in [-0.1, -0.05) is 19.6 Å². The van der Waals surface area contributed by atoms with Gasteiger partial charge in [0.1, 0.15) is 0 Å². The fourth-order valence-corrected chi connectivity index (χ4v) is 0. The largest absolute Gasteiger partial charge is 0.0715 e. The van der Waals surface area contributed by atoms with Crippen molar-refractivity contribution in [3.8, 4) is 0 Å². The van der Waals surface area contributed by atoms with Gasteiger partial charge in [0.15, 0.2) is 0 Å². The molecule has 0 amide bonds. The standard InChI is InChI=1S/C3H9Si.Hf/c1-4(2)3;/h1-3H3;. The second-order valence-electron chi connectivity index (χ2n) is 1.50. The first-order chi connectivity index (χ1) is 1.73. The molecule has 2 heteroatoms. The van der Waals surface area contributed by atoms with Crippen molar-refractivity contribution in [3.05, 3.63) is 0 Å². The summed E-state index contributed by atoms with van der Waals surface area (Å²) in [6.07, 6.45) is 0. The monoisotopic (exact) mass is 253 g/mol. The third-order valence-electron chi connectivity index (χ3n) is 0. The molecule has 0 aromatic carbocycles. The summed E-state index contributed by atoms with van der Waals surface area (Å²) in [5.41, 5.74) is 0. The Balaban J connectivity index is 0. The molecule has 0 aliphatic rings. The molecule has 0 heterocycles. The quantitative estimate of drug-likeness (QED) is 0.571. The third kappa shape index (κ3) is 41.0. The van der Waals surface area contributed by atoms with Crippen molar-refractivity contribution in [1.82, 2.24) is 0 Å². The maximum Gasteiger partial charge on any atom is 0.0379 e. The third-order valence-corrected chi connectivity index (χ3v) is 0. The molecule has 1 radical (unpaired) electrons. The van der Waals surface area contributed by atoms with Gasteiger partial charge in [0.05, 0.1) is 0 Å². The van der Waals surface area contributed by atoms with Crippen LogP contribution in [0, 0.1) is 0 Å². The van der Waals surface area contributed by atoms with Crippen LogP contribution in [0.3, 0.4) is 0 Å². The Kier molecular flexibility index (Phi) is 9.59. The van der Waals surface area contributed by atoms with Gasteiger partial charge in [-0.3, -0.25) is 0 Å². The number of hydrogen-bond donors (Lipinski definition) is 0. The van der Waals surface area contributed by atoms with Crippen molar-refractivity contribution in [2.24, 2.45) is 0 Å². The normalized spacial score (nSPS) is 7.20. The molecule has 0 bridgehead atoms. The van der Waals surface area contributed by atoms with Gasteiger partial charge in [-0.2, -0.15) is 0 Å². The Bertz CT molecular complexity index is 11.6. The van der Waals surface area contributed by atoms with Gasteiger partial charge in [0.25, 0.3) is 0 Å². The molecule has 0 fully saturated rings. The van der Waals surface area contributed by atoms with Crippen LogP contribution in [0.15, 0.2) is 0 Å². The van der Waals surface area contributed by atoms with E-state index in [-0.39, 0.29) is 34.6 Å². The second-order valence-corrected chi connectivity index (χ2v) is 4.50. The van der Waals surface area contributed by atoms with Crippen LogP contribution in [0.5, 0.6) is 0 Å². The first kappa shape index (κ1) is 9.43. The van der Waals surface area contributed by atoms with Crippen molar-refractivity contribution in [2.75, 3.05) is 0 Å². The molecule has 29 valence electrons. The van der Waals surface area contributed by atoms with Gasteiger partial charge in [0.2, 0.25) is 0 Å². The van der Waals surface area contributed by atoms with E-state index in [0.717, 1.165) is 0 Å². The summed E-state index contributed by atoms with van der Waals surface area (Å²) in [7, 11) is 0.120. The van der Waals surface area contributed by atoms with Crippen molar-refractivity contribution in [1.29, 1.82) is 0 Å². The molecule has 0 atom stereocenters. The van der Waals surface area contributed by atoms with E-state index in [0.29, 0.717) is 0 Å². The Morgan fingerprint density at radius 3 is 1.00 bits per heavy atom. The molecule has 5 heavy (non-hydrogen) atoms. The Morgan fingerprint density at radius 2 is 1.00 bits per heavy atom. The minimum absolute atomic E-state index is 0. The van der Waals surface area contributed by atoms with E-state index in [2.05, 4.69) is 19.6 Å². The smallest absolute Gasteiger partial charge is 0.0379 e. The van der Waals surface area contributed by atoms with E-state index in [1.807, 2.05) is 0 Å². The van der Waals surface area contributed by atoms with Crippen molar-refractivity contribution in [2.45, 2.75) is 19.6 Å². The van der Waals surface area contributed by atoms with Crippen LogP contribution >= 0.6 is 0 Å². The molecule has 0 rings (SSSR count). The van der Waals surface area contributed by atoms with Crippen molar-refractivity contribution in [3.63, 3.8) is 0 Å². The minimum Gasteiger partial charge on any atom is -0.0715 e. The van der Waals surface area contributed by atoms with E-state index in [1.54, 1.807) is 0 Å². The molecule has 0 unspecified atom stereocenters. The zero-order chi connectivity index (χ0) is 3.58. The zero-order valence-corrected chi connectivity index (χ0v) is 8.59. The van der Waals surface area contributed by atoms with Crippen LogP contribution in [-0.2, 0) is 25.8 Å². The van der Waals surface area contributed by atoms with Gasteiger partial charge < -0.3 is 0 Å². The van der Waals surface area contributed by atoms with Crippen LogP contribution in [0.2, 0.25) is 19.6 Å². The SMILES string of the molecule is C[Si](C)C.[Hf]. The molecule has 0 nitrogen and oxygen atoms in total. The van der Waals surface area contributed by atoms with Gasteiger partial charge in [-0.25, -0.2) is 0 Å². The summed E-state index contributed by atoms with van der Waals surface area (Å²) in [6.45, 7) is 6.81. The van der Waals surface area contributed by atoms with E-state index in [1.165, 1.54) is 0 Å². The fraction of sp³-hybridized carbons (Fsp3) is 1.00. The molecule has 0 aromatic heterocycles. The summed E-state index contributed by atoms with van der Waals surface area (Å²) in [4.78, 5) is 0. The Labute approximate surface area is 54.4 Å². The van der Waals surface area contributed by atoms with Crippen LogP contribution in [-0.4, -0.2) is 8.80 Å². The molecule has 0 spiro atoms. The molecule has 0 saturated heterocycles.